The summed E-state index contributed by atoms with van der Waals surface area (Å²) >= 11 is 1.09. The number of sulfonamides is 1. The molecule has 3 aromatic rings. The molecule has 0 bridgehead atoms. The van der Waals surface area contributed by atoms with Crippen LogP contribution in [0.4, 0.5) is 14.5 Å². The van der Waals surface area contributed by atoms with E-state index in [1.165, 1.54) is 36.4 Å². The number of hydrogen-bond acceptors (Lipinski definition) is 6. The van der Waals surface area contributed by atoms with E-state index in [-0.39, 0.29) is 21.0 Å². The summed E-state index contributed by atoms with van der Waals surface area (Å²) in [5.41, 5.74) is 0.713. The lowest BCUT2D eigenvalue weighted by Crippen LogP contribution is -2.18. The summed E-state index contributed by atoms with van der Waals surface area (Å²) in [6, 6.07) is 11.9. The highest BCUT2D eigenvalue weighted by molar-refractivity contribution is 7.94. The predicted molar refractivity (Wildman–Crippen MR) is 102 cm³/mol. The fourth-order valence-electron chi connectivity index (χ4n) is 2.10. The van der Waals surface area contributed by atoms with Crippen molar-refractivity contribution < 1.29 is 22.3 Å². The molecule has 6 nitrogen and oxygen atoms in total. The van der Waals surface area contributed by atoms with Crippen molar-refractivity contribution in [2.75, 3.05) is 4.72 Å². The van der Waals surface area contributed by atoms with Gasteiger partial charge in [0.05, 0.1) is 6.21 Å². The fourth-order valence-corrected chi connectivity index (χ4v) is 4.15. The molecule has 1 aromatic heterocycles. The van der Waals surface area contributed by atoms with Crippen molar-refractivity contribution in [3.05, 3.63) is 82.7 Å². The van der Waals surface area contributed by atoms with E-state index in [0.717, 1.165) is 29.7 Å². The molecular formula is C18H12F2N3O3S2-. The van der Waals surface area contributed by atoms with E-state index in [4.69, 9.17) is 0 Å². The highest BCUT2D eigenvalue weighted by atomic mass is 32.2. The van der Waals surface area contributed by atoms with Crippen molar-refractivity contribution >= 4 is 39.2 Å². The Morgan fingerprint density at radius 2 is 1.82 bits per heavy atom. The molecule has 1 heterocycles. The van der Waals surface area contributed by atoms with Crippen LogP contribution in [-0.4, -0.2) is 20.5 Å². The van der Waals surface area contributed by atoms with Gasteiger partial charge in [-0.1, -0.05) is 24.3 Å². The van der Waals surface area contributed by atoms with Gasteiger partial charge in [-0.2, -0.15) is 10.2 Å². The molecular weight excluding hydrogens is 408 g/mol. The number of thiophene rings is 1. The summed E-state index contributed by atoms with van der Waals surface area (Å²) in [7, 11) is -3.68. The molecule has 144 valence electrons. The first-order valence-electron chi connectivity index (χ1n) is 7.75. The minimum Gasteiger partial charge on any atom is -0.857 e. The first kappa shape index (κ1) is 19.6. The maximum absolute atomic E-state index is 13.1. The van der Waals surface area contributed by atoms with Gasteiger partial charge in [-0.3, -0.25) is 4.72 Å². The van der Waals surface area contributed by atoms with E-state index in [9.17, 15) is 22.3 Å². The molecule has 0 aliphatic heterocycles. The zero-order chi connectivity index (χ0) is 20.1. The van der Waals surface area contributed by atoms with Gasteiger partial charge in [0.1, 0.15) is 4.21 Å². The SMILES string of the molecule is O=S(=O)(Nc1ccc(C([O-])=N/N=C\c2ccc(F)c(F)c2)cc1)c1cccs1. The van der Waals surface area contributed by atoms with Gasteiger partial charge >= 0.3 is 0 Å². The van der Waals surface area contributed by atoms with E-state index in [0.29, 0.717) is 0 Å². The Hall–Kier alpha value is -3.11. The van der Waals surface area contributed by atoms with E-state index >= 15 is 0 Å². The van der Waals surface area contributed by atoms with E-state index in [1.54, 1.807) is 11.4 Å². The molecule has 0 atom stereocenters. The third kappa shape index (κ3) is 4.78. The first-order chi connectivity index (χ1) is 13.3. The second-order valence-corrected chi connectivity index (χ2v) is 8.30. The Labute approximate surface area is 163 Å². The molecule has 0 saturated carbocycles. The number of rotatable bonds is 6. The number of nitrogens with zero attached hydrogens (tertiary/aromatic N) is 2. The van der Waals surface area contributed by atoms with Gasteiger partial charge < -0.3 is 5.11 Å². The van der Waals surface area contributed by atoms with E-state index < -0.39 is 27.6 Å². The maximum Gasteiger partial charge on any atom is 0.271 e. The topological polar surface area (TPSA) is 94.0 Å². The van der Waals surface area contributed by atoms with Crippen molar-refractivity contribution in [3.8, 4) is 0 Å². The molecule has 0 unspecified atom stereocenters. The Balaban J connectivity index is 1.69. The van der Waals surface area contributed by atoms with Crippen molar-refractivity contribution in [2.24, 2.45) is 10.2 Å². The van der Waals surface area contributed by atoms with Crippen LogP contribution in [0.5, 0.6) is 0 Å². The molecule has 0 aliphatic carbocycles. The quantitative estimate of drug-likeness (QED) is 0.377. The minimum atomic E-state index is -3.68. The van der Waals surface area contributed by atoms with Gasteiger partial charge in [-0.15, -0.1) is 11.3 Å². The summed E-state index contributed by atoms with van der Waals surface area (Å²) in [4.78, 5) is 0. The summed E-state index contributed by atoms with van der Waals surface area (Å²) in [6.07, 6.45) is 1.12. The van der Waals surface area contributed by atoms with Crippen LogP contribution in [0.3, 0.4) is 0 Å². The Kier molecular flexibility index (Phi) is 5.81. The second kappa shape index (κ2) is 8.28. The van der Waals surface area contributed by atoms with Crippen LogP contribution in [0.15, 0.2) is 74.4 Å². The largest absolute Gasteiger partial charge is 0.857 e. The molecule has 0 aliphatic rings. The summed E-state index contributed by atoms with van der Waals surface area (Å²) in [5.74, 6) is -2.69. The normalized spacial score (nSPS) is 12.4. The lowest BCUT2D eigenvalue weighted by molar-refractivity contribution is -0.213. The van der Waals surface area contributed by atoms with Crippen LogP contribution < -0.4 is 9.83 Å². The van der Waals surface area contributed by atoms with Gasteiger partial charge in [0.15, 0.2) is 11.6 Å². The summed E-state index contributed by atoms with van der Waals surface area (Å²) in [6.45, 7) is 0. The van der Waals surface area contributed by atoms with Crippen molar-refractivity contribution in [1.29, 1.82) is 0 Å². The van der Waals surface area contributed by atoms with Crippen molar-refractivity contribution in [2.45, 2.75) is 4.21 Å². The van der Waals surface area contributed by atoms with E-state index in [1.807, 2.05) is 0 Å². The molecule has 1 N–H and O–H groups in total. The number of halogens is 2. The zero-order valence-corrected chi connectivity index (χ0v) is 15.7. The monoisotopic (exact) mass is 420 g/mol. The van der Waals surface area contributed by atoms with Crippen LogP contribution in [0.25, 0.3) is 0 Å². The Bertz CT molecular complexity index is 1130. The lowest BCUT2D eigenvalue weighted by atomic mass is 10.2. The standard InChI is InChI=1S/C18H13F2N3O3S2/c19-15-8-3-12(10-16(15)20)11-21-22-18(24)13-4-6-14(7-5-13)23-28(25,26)17-2-1-9-27-17/h1-11,23H,(H,22,24)/p-1/b21-11-. The van der Waals surface area contributed by atoms with E-state index in [2.05, 4.69) is 14.9 Å². The zero-order valence-electron chi connectivity index (χ0n) is 14.0. The van der Waals surface area contributed by atoms with Crippen LogP contribution in [0, 0.1) is 11.6 Å². The highest BCUT2D eigenvalue weighted by Gasteiger charge is 2.14. The summed E-state index contributed by atoms with van der Waals surface area (Å²) in [5, 5.41) is 20.7. The lowest BCUT2D eigenvalue weighted by Gasteiger charge is -2.10. The van der Waals surface area contributed by atoms with Gasteiger partial charge in [-0.05, 0) is 46.8 Å². The third-order valence-electron chi connectivity index (χ3n) is 3.44. The van der Waals surface area contributed by atoms with Gasteiger partial charge in [0.25, 0.3) is 10.0 Å². The molecule has 0 radical (unpaired) electrons. The maximum atomic E-state index is 13.1. The molecule has 2 aromatic carbocycles. The first-order valence-corrected chi connectivity index (χ1v) is 10.1. The summed E-state index contributed by atoms with van der Waals surface area (Å²) < 4.78 is 52.8. The van der Waals surface area contributed by atoms with Crippen molar-refractivity contribution in [1.82, 2.24) is 0 Å². The molecule has 28 heavy (non-hydrogen) atoms. The average Bonchev–Trinajstić information content (AvgIpc) is 3.21. The van der Waals surface area contributed by atoms with Gasteiger partial charge in [0.2, 0.25) is 0 Å². The number of hydrogen-bond donors (Lipinski definition) is 1. The van der Waals surface area contributed by atoms with Crippen molar-refractivity contribution in [3.63, 3.8) is 0 Å². The van der Waals surface area contributed by atoms with Gasteiger partial charge in [-0.25, -0.2) is 17.2 Å². The third-order valence-corrected chi connectivity index (χ3v) is 6.22. The van der Waals surface area contributed by atoms with Gasteiger partial charge in [0, 0.05) is 11.6 Å². The second-order valence-electron chi connectivity index (χ2n) is 5.44. The molecule has 0 amide bonds. The minimum absolute atomic E-state index is 0.175. The predicted octanol–water partition coefficient (Wildman–Crippen LogP) is 2.97. The Morgan fingerprint density at radius 3 is 2.46 bits per heavy atom. The highest BCUT2D eigenvalue weighted by Crippen LogP contribution is 2.20. The molecule has 0 spiro atoms. The molecule has 3 rings (SSSR count). The van der Waals surface area contributed by atoms with Crippen LogP contribution in [0.1, 0.15) is 11.1 Å². The molecule has 10 heteroatoms. The number of nitrogens with one attached hydrogen (secondary N) is 1. The number of benzene rings is 2. The molecule has 0 saturated heterocycles. The van der Waals surface area contributed by atoms with Crippen LogP contribution >= 0.6 is 11.3 Å². The Morgan fingerprint density at radius 1 is 1.07 bits per heavy atom. The molecule has 0 fully saturated rings. The van der Waals surface area contributed by atoms with Crippen LogP contribution in [-0.2, 0) is 10.0 Å². The number of anilines is 1. The average molecular weight is 420 g/mol. The smallest absolute Gasteiger partial charge is 0.271 e. The van der Waals surface area contributed by atoms with Crippen LogP contribution in [0.2, 0.25) is 0 Å². The fraction of sp³-hybridized carbons (Fsp3) is 0.